The van der Waals surface area contributed by atoms with Crippen LogP contribution in [-0.2, 0) is 19.1 Å². The minimum absolute atomic E-state index is 0.0286. The molecule has 1 saturated heterocycles. The van der Waals surface area contributed by atoms with Crippen LogP contribution >= 0.6 is 0 Å². The zero-order chi connectivity index (χ0) is 35.3. The quantitative estimate of drug-likeness (QED) is 0.0260. The Balaban J connectivity index is 0.00000647. The summed E-state index contributed by atoms with van der Waals surface area (Å²) in [6.07, 6.45) is -2.07. The number of ether oxygens (including phenoxy) is 2. The molecule has 12 N–H and O–H groups in total. The van der Waals surface area contributed by atoms with Gasteiger partial charge in [-0.3, -0.25) is 9.59 Å². The molecular weight excluding hydrogens is 608 g/mol. The second kappa shape index (κ2) is 24.6. The van der Waals surface area contributed by atoms with Crippen LogP contribution in [0.15, 0.2) is 0 Å². The van der Waals surface area contributed by atoms with Crippen molar-refractivity contribution in [1.29, 1.82) is 0 Å². The molecule has 1 fully saturated rings. The maximum Gasteiger partial charge on any atom is 0.252 e. The first-order valence-corrected chi connectivity index (χ1v) is 16.4. The van der Waals surface area contributed by atoms with Gasteiger partial charge in [-0.1, -0.05) is 71.1 Å². The topological polar surface area (TPSA) is 268 Å². The van der Waals surface area contributed by atoms with Crippen LogP contribution in [0.1, 0.15) is 105 Å². The van der Waals surface area contributed by atoms with Crippen molar-refractivity contribution in [3.63, 3.8) is 0 Å². The van der Waals surface area contributed by atoms with Crippen molar-refractivity contribution in [3.05, 3.63) is 0 Å². The molecule has 0 spiro atoms. The van der Waals surface area contributed by atoms with Gasteiger partial charge in [-0.05, 0) is 27.2 Å². The summed E-state index contributed by atoms with van der Waals surface area (Å²) in [6.45, 7) is 6.29. The van der Waals surface area contributed by atoms with Gasteiger partial charge in [-0.2, -0.15) is 0 Å². The Labute approximate surface area is 272 Å². The van der Waals surface area contributed by atoms with Crippen LogP contribution < -0.4 is 16.6 Å². The number of nitrogens with two attached hydrogens (primary N) is 1. The highest BCUT2D eigenvalue weighted by Gasteiger charge is 2.47. The van der Waals surface area contributed by atoms with Gasteiger partial charge in [-0.15, -0.1) is 0 Å². The average molecular weight is 671 g/mol. The molecule has 8 atom stereocenters. The van der Waals surface area contributed by atoms with Gasteiger partial charge in [0.15, 0.2) is 18.7 Å². The maximum atomic E-state index is 12.7. The molecule has 1 rings (SSSR count). The van der Waals surface area contributed by atoms with E-state index in [1.54, 1.807) is 20.8 Å². The molecule has 0 aromatic heterocycles. The molecule has 274 valence electrons. The number of hydrogen-bond acceptors (Lipinski definition) is 14. The number of nitrogens with zero attached hydrogens (tertiary/aromatic N) is 1. The van der Waals surface area contributed by atoms with Gasteiger partial charge >= 0.3 is 0 Å². The molecule has 0 bridgehead atoms. The van der Waals surface area contributed by atoms with Gasteiger partial charge in [0.05, 0.1) is 6.61 Å². The molecule has 1 aliphatic rings. The lowest BCUT2D eigenvalue weighted by molar-refractivity contribution is -0.258. The monoisotopic (exact) mass is 670 g/mol. The van der Waals surface area contributed by atoms with E-state index < -0.39 is 67.3 Å². The predicted octanol–water partition coefficient (Wildman–Crippen LogP) is -1.36. The summed E-state index contributed by atoms with van der Waals surface area (Å²) < 4.78 is 10.0. The van der Waals surface area contributed by atoms with Crippen LogP contribution in [-0.4, -0.2) is 132 Å². The fourth-order valence-corrected chi connectivity index (χ4v) is 4.62. The molecule has 2 amide bonds. The Kier molecular flexibility index (Phi) is 23.8. The highest BCUT2D eigenvalue weighted by molar-refractivity contribution is 5.82. The molecule has 16 nitrogen and oxygen atoms in total. The maximum absolute atomic E-state index is 12.7. The fourth-order valence-electron chi connectivity index (χ4n) is 4.62. The highest BCUT2D eigenvalue weighted by atomic mass is 16.8. The largest absolute Gasteiger partial charge is 0.397 e. The molecule has 0 radical (unpaired) electrons. The predicted molar refractivity (Wildman–Crippen MR) is 168 cm³/mol. The van der Waals surface area contributed by atoms with Gasteiger partial charge in [-0.25, -0.2) is 16.4 Å². The first-order chi connectivity index (χ1) is 21.7. The normalized spacial score (nSPS) is 22.4. The minimum Gasteiger partial charge on any atom is -0.397 e. The highest BCUT2D eigenvalue weighted by Crippen LogP contribution is 2.24. The van der Waals surface area contributed by atoms with Gasteiger partial charge in [0.25, 0.3) is 11.8 Å². The van der Waals surface area contributed by atoms with Crippen molar-refractivity contribution < 1.29 is 59.9 Å². The number of carbonyl (C=O) groups excluding carboxylic acids is 2. The van der Waals surface area contributed by atoms with E-state index >= 15 is 0 Å². The lowest BCUT2D eigenvalue weighted by Crippen LogP contribution is -2.61. The van der Waals surface area contributed by atoms with E-state index in [9.17, 15) is 45.3 Å². The summed E-state index contributed by atoms with van der Waals surface area (Å²) in [4.78, 5) is 25.1. The molecule has 1 aliphatic heterocycles. The van der Waals surface area contributed by atoms with E-state index in [0.29, 0.717) is 6.42 Å². The van der Waals surface area contributed by atoms with Crippen LogP contribution in [0.2, 0.25) is 0 Å². The molecule has 0 aromatic carbocycles. The minimum atomic E-state index is -2.18. The first-order valence-electron chi connectivity index (χ1n) is 16.4. The molecular formula is C30H62N4O12. The molecule has 16 heteroatoms. The van der Waals surface area contributed by atoms with E-state index in [-0.39, 0.29) is 25.5 Å². The summed E-state index contributed by atoms with van der Waals surface area (Å²) in [5.74, 6) is 4.42. The average Bonchev–Trinajstić information content (AvgIpc) is 3.26. The Bertz CT molecular complexity index is 812. The van der Waals surface area contributed by atoms with E-state index in [4.69, 9.17) is 20.4 Å². The zero-order valence-electron chi connectivity index (χ0n) is 28.0. The van der Waals surface area contributed by atoms with E-state index in [1.165, 1.54) is 44.9 Å². The zero-order valence-corrected chi connectivity index (χ0v) is 28.0. The fraction of sp³-hybridized carbons (Fsp3) is 0.933. The van der Waals surface area contributed by atoms with Gasteiger partial charge in [0.2, 0.25) is 0 Å². The number of rotatable bonds is 23. The lowest BCUT2D eigenvalue weighted by Gasteiger charge is -2.34. The molecule has 8 unspecified atom stereocenters. The van der Waals surface area contributed by atoms with Crippen molar-refractivity contribution in [3.8, 4) is 0 Å². The molecule has 46 heavy (non-hydrogen) atoms. The molecule has 0 saturated carbocycles. The smallest absolute Gasteiger partial charge is 0.252 e. The molecule has 0 aliphatic carbocycles. The Morgan fingerprint density at radius 3 is 1.85 bits per heavy atom. The SMILES string of the molecule is CCCCCCCCCCCCCC(=O)N(N)NCC(C)(C)NC(=O)C(O)C(O)C(OC1OC(O)C(O)C1O)C(O)CO.CCO. The van der Waals surface area contributed by atoms with Crippen molar-refractivity contribution in [1.82, 2.24) is 15.9 Å². The van der Waals surface area contributed by atoms with E-state index in [2.05, 4.69) is 17.7 Å². The number of unbranched alkanes of at least 4 members (excludes halogenated alkanes) is 10. The number of hydrogen-bond donors (Lipinski definition) is 11. The lowest BCUT2D eigenvalue weighted by atomic mass is 10.00. The van der Waals surface area contributed by atoms with Crippen molar-refractivity contribution >= 4 is 11.8 Å². The van der Waals surface area contributed by atoms with Crippen LogP contribution in [0.25, 0.3) is 0 Å². The van der Waals surface area contributed by atoms with Crippen LogP contribution in [0.4, 0.5) is 0 Å². The van der Waals surface area contributed by atoms with Crippen molar-refractivity contribution in [2.24, 2.45) is 5.84 Å². The van der Waals surface area contributed by atoms with Crippen LogP contribution in [0.5, 0.6) is 0 Å². The van der Waals surface area contributed by atoms with Gasteiger partial charge in [0, 0.05) is 25.1 Å². The summed E-state index contributed by atoms with van der Waals surface area (Å²) in [6, 6.07) is 0. The number of hydrazine groups is 2. The summed E-state index contributed by atoms with van der Waals surface area (Å²) in [5.41, 5.74) is 1.62. The summed E-state index contributed by atoms with van der Waals surface area (Å²) in [5, 5.41) is 80.4. The second-order valence-electron chi connectivity index (χ2n) is 12.2. The van der Waals surface area contributed by atoms with Gasteiger partial charge < -0.3 is 55.6 Å². The van der Waals surface area contributed by atoms with Crippen molar-refractivity contribution in [2.45, 2.75) is 159 Å². The Hall–Kier alpha value is -1.54. The number of carbonyl (C=O) groups is 2. The van der Waals surface area contributed by atoms with Gasteiger partial charge in [0.1, 0.15) is 30.5 Å². The Morgan fingerprint density at radius 1 is 0.891 bits per heavy atom. The number of aliphatic hydroxyl groups excluding tert-OH is 8. The summed E-state index contributed by atoms with van der Waals surface area (Å²) >= 11 is 0. The number of aliphatic hydroxyl groups is 8. The first kappa shape index (κ1) is 44.5. The molecule has 0 aromatic rings. The summed E-state index contributed by atoms with van der Waals surface area (Å²) in [7, 11) is 0. The number of nitrogens with one attached hydrogen (secondary N) is 2. The van der Waals surface area contributed by atoms with Crippen LogP contribution in [0, 0.1) is 0 Å². The Morgan fingerprint density at radius 2 is 1.39 bits per heavy atom. The third-order valence-corrected chi connectivity index (χ3v) is 7.40. The molecule has 1 heterocycles. The van der Waals surface area contributed by atoms with Crippen LogP contribution in [0.3, 0.4) is 0 Å². The third-order valence-electron chi connectivity index (χ3n) is 7.40. The van der Waals surface area contributed by atoms with E-state index in [1.807, 2.05) is 0 Å². The second-order valence-corrected chi connectivity index (χ2v) is 12.2. The third kappa shape index (κ3) is 17.6. The number of amides is 2. The van der Waals surface area contributed by atoms with Crippen molar-refractivity contribution in [2.75, 3.05) is 19.8 Å². The standard InChI is InChI=1S/C28H56N4O11.C2H6O/c1-4-5-6-7-8-9-10-11-12-13-14-15-19(35)32(29)30-17-28(2,3)31-25(40)21(37)20(36)24(18(34)16-33)42-27-23(39)22(38)26(41)43-27;1-2-3/h18,20-24,26-27,30,33-34,36-39,41H,4-17,29H2,1-3H3,(H,31,40);3H,2H2,1H3. The van der Waals surface area contributed by atoms with E-state index in [0.717, 1.165) is 24.4 Å².